The van der Waals surface area contributed by atoms with Crippen LogP contribution in [0.15, 0.2) is 24.3 Å². The van der Waals surface area contributed by atoms with Crippen LogP contribution < -0.4 is 4.90 Å². The minimum absolute atomic E-state index is 0.240. The van der Waals surface area contributed by atoms with E-state index in [1.807, 2.05) is 19.0 Å². The lowest BCUT2D eigenvalue weighted by atomic mass is 10.1. The highest BCUT2D eigenvalue weighted by Gasteiger charge is 2.27. The van der Waals surface area contributed by atoms with Crippen molar-refractivity contribution in [3.63, 3.8) is 0 Å². The Balaban J connectivity index is 2.15. The van der Waals surface area contributed by atoms with Gasteiger partial charge in [0.05, 0.1) is 23.4 Å². The molecule has 7 nitrogen and oxygen atoms in total. The van der Waals surface area contributed by atoms with Gasteiger partial charge in [-0.15, -0.1) is 0 Å². The summed E-state index contributed by atoms with van der Waals surface area (Å²) in [6.07, 6.45) is -1.01. The van der Waals surface area contributed by atoms with E-state index < -0.39 is 23.8 Å². The molecule has 1 N–H and O–H groups in total. The summed E-state index contributed by atoms with van der Waals surface area (Å²) in [7, 11) is 3.80. The van der Waals surface area contributed by atoms with Gasteiger partial charge in [0.15, 0.2) is 6.10 Å². The SMILES string of the molecule is CCOC(=O)c1c(C)[nH]c(C(=O)[C@@H](C)OC(=O)c2ccc(N(C)C)cc2)c1C. The smallest absolute Gasteiger partial charge is 0.340 e. The molecule has 0 aliphatic heterocycles. The molecular formula is C21H26N2O5. The normalized spacial score (nSPS) is 11.6. The first-order valence-electron chi connectivity index (χ1n) is 9.06. The Bertz CT molecular complexity index is 881. The number of carbonyl (C=O) groups excluding carboxylic acids is 3. The average molecular weight is 386 g/mol. The fourth-order valence-corrected chi connectivity index (χ4v) is 2.89. The Labute approximate surface area is 164 Å². The largest absolute Gasteiger partial charge is 0.462 e. The number of rotatable bonds is 7. The van der Waals surface area contributed by atoms with Crippen LogP contribution in [0, 0.1) is 13.8 Å². The van der Waals surface area contributed by atoms with E-state index in [1.165, 1.54) is 6.92 Å². The third-order valence-corrected chi connectivity index (χ3v) is 4.44. The van der Waals surface area contributed by atoms with Crippen molar-refractivity contribution in [2.45, 2.75) is 33.8 Å². The zero-order valence-corrected chi connectivity index (χ0v) is 17.1. The third-order valence-electron chi connectivity index (χ3n) is 4.44. The van der Waals surface area contributed by atoms with Crippen LogP contribution in [0.2, 0.25) is 0 Å². The Morgan fingerprint density at radius 2 is 1.68 bits per heavy atom. The van der Waals surface area contributed by atoms with Crippen LogP contribution in [-0.4, -0.2) is 49.5 Å². The summed E-state index contributed by atoms with van der Waals surface area (Å²) < 4.78 is 10.4. The molecule has 150 valence electrons. The molecule has 28 heavy (non-hydrogen) atoms. The van der Waals surface area contributed by atoms with Crippen molar-refractivity contribution in [2.24, 2.45) is 0 Å². The molecule has 0 fully saturated rings. The first kappa shape index (κ1) is 21.2. The molecule has 0 saturated carbocycles. The second-order valence-electron chi connectivity index (χ2n) is 6.70. The number of nitrogens with one attached hydrogen (secondary N) is 1. The quantitative estimate of drug-likeness (QED) is 0.580. The van der Waals surface area contributed by atoms with Crippen LogP contribution in [0.1, 0.15) is 56.3 Å². The molecule has 0 aliphatic carbocycles. The van der Waals surface area contributed by atoms with Gasteiger partial charge in [-0.3, -0.25) is 4.79 Å². The third kappa shape index (κ3) is 4.42. The first-order chi connectivity index (χ1) is 13.2. The number of ether oxygens (including phenoxy) is 2. The van der Waals surface area contributed by atoms with Crippen molar-refractivity contribution < 1.29 is 23.9 Å². The van der Waals surface area contributed by atoms with E-state index in [9.17, 15) is 14.4 Å². The van der Waals surface area contributed by atoms with Gasteiger partial charge in [-0.2, -0.15) is 0 Å². The van der Waals surface area contributed by atoms with Gasteiger partial charge in [0.2, 0.25) is 5.78 Å². The van der Waals surface area contributed by atoms with Gasteiger partial charge in [-0.05, 0) is 57.5 Å². The lowest BCUT2D eigenvalue weighted by Gasteiger charge is -2.14. The van der Waals surface area contributed by atoms with Crippen molar-refractivity contribution in [1.29, 1.82) is 0 Å². The van der Waals surface area contributed by atoms with E-state index in [1.54, 1.807) is 45.0 Å². The zero-order chi connectivity index (χ0) is 21.0. The molecule has 0 spiro atoms. The molecule has 7 heteroatoms. The van der Waals surface area contributed by atoms with Crippen molar-refractivity contribution in [3.8, 4) is 0 Å². The van der Waals surface area contributed by atoms with E-state index in [4.69, 9.17) is 9.47 Å². The molecule has 1 heterocycles. The first-order valence-corrected chi connectivity index (χ1v) is 9.06. The zero-order valence-electron chi connectivity index (χ0n) is 17.1. The maximum Gasteiger partial charge on any atom is 0.340 e. The van der Waals surface area contributed by atoms with Crippen molar-refractivity contribution in [1.82, 2.24) is 4.98 Å². The molecule has 2 aromatic rings. The van der Waals surface area contributed by atoms with Gasteiger partial charge >= 0.3 is 11.9 Å². The fraction of sp³-hybridized carbons (Fsp3) is 0.381. The fourth-order valence-electron chi connectivity index (χ4n) is 2.89. The van der Waals surface area contributed by atoms with Gasteiger partial charge in [0.1, 0.15) is 0 Å². The van der Waals surface area contributed by atoms with Crippen LogP contribution in [0.4, 0.5) is 5.69 Å². The second kappa shape index (κ2) is 8.73. The number of hydrogen-bond acceptors (Lipinski definition) is 6. The lowest BCUT2D eigenvalue weighted by molar-refractivity contribution is 0.0316. The monoisotopic (exact) mass is 386 g/mol. The van der Waals surface area contributed by atoms with Crippen molar-refractivity contribution in [2.75, 3.05) is 25.6 Å². The van der Waals surface area contributed by atoms with Crippen LogP contribution in [0.25, 0.3) is 0 Å². The summed E-state index contributed by atoms with van der Waals surface area (Å²) in [5.74, 6) is -1.48. The number of benzene rings is 1. The highest BCUT2D eigenvalue weighted by molar-refractivity contribution is 6.04. The molecule has 0 bridgehead atoms. The molecule has 1 aromatic carbocycles. The molecule has 0 radical (unpaired) electrons. The summed E-state index contributed by atoms with van der Waals surface area (Å²) in [5, 5.41) is 0. The molecule has 0 saturated heterocycles. The number of aromatic amines is 1. The molecule has 2 rings (SSSR count). The highest BCUT2D eigenvalue weighted by Crippen LogP contribution is 2.21. The molecule has 0 amide bonds. The van der Waals surface area contributed by atoms with E-state index in [0.717, 1.165) is 5.69 Å². The van der Waals surface area contributed by atoms with Crippen molar-refractivity contribution in [3.05, 3.63) is 52.3 Å². The maximum absolute atomic E-state index is 12.8. The topological polar surface area (TPSA) is 88.7 Å². The Morgan fingerprint density at radius 3 is 2.21 bits per heavy atom. The Morgan fingerprint density at radius 1 is 1.07 bits per heavy atom. The van der Waals surface area contributed by atoms with E-state index in [2.05, 4.69) is 4.98 Å². The molecule has 1 atom stereocenters. The van der Waals surface area contributed by atoms with Crippen LogP contribution >= 0.6 is 0 Å². The predicted octanol–water partition coefficient (Wildman–Crippen LogP) is 3.30. The number of carbonyl (C=O) groups is 3. The van der Waals surface area contributed by atoms with E-state index in [-0.39, 0.29) is 12.3 Å². The lowest BCUT2D eigenvalue weighted by Crippen LogP contribution is -2.25. The summed E-state index contributed by atoms with van der Waals surface area (Å²) >= 11 is 0. The number of hydrogen-bond donors (Lipinski definition) is 1. The van der Waals surface area contributed by atoms with Crippen LogP contribution in [0.5, 0.6) is 0 Å². The van der Waals surface area contributed by atoms with Gasteiger partial charge in [0, 0.05) is 25.5 Å². The molecule has 0 unspecified atom stereocenters. The highest BCUT2D eigenvalue weighted by atomic mass is 16.5. The van der Waals surface area contributed by atoms with Crippen LogP contribution in [0.3, 0.4) is 0 Å². The Hall–Kier alpha value is -3.09. The number of ketones is 1. The number of aromatic nitrogens is 1. The van der Waals surface area contributed by atoms with E-state index >= 15 is 0 Å². The minimum atomic E-state index is -1.01. The molecule has 1 aromatic heterocycles. The van der Waals surface area contributed by atoms with Gasteiger partial charge < -0.3 is 19.4 Å². The minimum Gasteiger partial charge on any atom is -0.462 e. The maximum atomic E-state index is 12.8. The molecular weight excluding hydrogens is 360 g/mol. The number of H-pyrrole nitrogens is 1. The Kier molecular flexibility index (Phi) is 6.62. The number of nitrogens with zero attached hydrogens (tertiary/aromatic N) is 1. The summed E-state index contributed by atoms with van der Waals surface area (Å²) in [5.41, 5.74) is 2.91. The van der Waals surface area contributed by atoms with E-state index in [0.29, 0.717) is 22.4 Å². The van der Waals surface area contributed by atoms with Crippen molar-refractivity contribution >= 4 is 23.4 Å². The average Bonchev–Trinajstić information content (AvgIpc) is 2.95. The number of esters is 2. The second-order valence-corrected chi connectivity index (χ2v) is 6.70. The summed E-state index contributed by atoms with van der Waals surface area (Å²) in [6, 6.07) is 6.90. The van der Waals surface area contributed by atoms with Gasteiger partial charge in [-0.1, -0.05) is 0 Å². The van der Waals surface area contributed by atoms with Gasteiger partial charge in [0.25, 0.3) is 0 Å². The number of Topliss-reactive ketones (excluding diaryl/α,β-unsaturated/α-hetero) is 1. The van der Waals surface area contributed by atoms with Gasteiger partial charge in [-0.25, -0.2) is 9.59 Å². The number of anilines is 1. The molecule has 0 aliphatic rings. The number of aryl methyl sites for hydroxylation is 1. The van der Waals surface area contributed by atoms with Crippen LogP contribution in [-0.2, 0) is 9.47 Å². The standard InChI is InChI=1S/C21H26N2O5/c1-7-27-21(26)17-12(2)18(22-13(17)3)19(24)14(4)28-20(25)15-8-10-16(11-9-15)23(5)6/h8-11,14,22H,7H2,1-6H3/t14-/m1/s1. The summed E-state index contributed by atoms with van der Waals surface area (Å²) in [4.78, 5) is 42.0. The predicted molar refractivity (Wildman–Crippen MR) is 106 cm³/mol. The summed E-state index contributed by atoms with van der Waals surface area (Å²) in [6.45, 7) is 6.82.